The van der Waals surface area contributed by atoms with Gasteiger partial charge in [0, 0.05) is 24.9 Å². The maximum atomic E-state index is 12.4. The fourth-order valence-corrected chi connectivity index (χ4v) is 2.17. The van der Waals surface area contributed by atoms with Gasteiger partial charge in [0.25, 0.3) is 0 Å². The first-order chi connectivity index (χ1) is 8.49. The summed E-state index contributed by atoms with van der Waals surface area (Å²) >= 11 is 0. The van der Waals surface area contributed by atoms with Crippen molar-refractivity contribution in [2.24, 2.45) is 12.5 Å². The highest BCUT2D eigenvalue weighted by atomic mass is 16.1. The van der Waals surface area contributed by atoms with Crippen LogP contribution in [0.2, 0.25) is 0 Å². The van der Waals surface area contributed by atoms with Gasteiger partial charge in [0.1, 0.15) is 0 Å². The van der Waals surface area contributed by atoms with Crippen LogP contribution in [0.25, 0.3) is 0 Å². The van der Waals surface area contributed by atoms with Crippen molar-refractivity contribution in [3.05, 3.63) is 18.2 Å². The second kappa shape index (κ2) is 6.72. The molecule has 0 aromatic carbocycles. The van der Waals surface area contributed by atoms with Gasteiger partial charge in [-0.2, -0.15) is 0 Å². The molecule has 0 aliphatic carbocycles. The first-order valence-electron chi connectivity index (χ1n) is 7.01. The van der Waals surface area contributed by atoms with Gasteiger partial charge in [-0.25, -0.2) is 4.98 Å². The Morgan fingerprint density at radius 1 is 1.28 bits per heavy atom. The lowest BCUT2D eigenvalue weighted by molar-refractivity contribution is 0.0807. The van der Waals surface area contributed by atoms with Crippen LogP contribution in [-0.4, -0.2) is 15.3 Å². The van der Waals surface area contributed by atoms with Gasteiger partial charge in [-0.05, 0) is 6.42 Å². The summed E-state index contributed by atoms with van der Waals surface area (Å²) in [5, 5.41) is 0. The molecule has 1 aromatic heterocycles. The van der Waals surface area contributed by atoms with Crippen molar-refractivity contribution >= 4 is 5.78 Å². The smallest absolute Gasteiger partial charge is 0.203 e. The average molecular weight is 250 g/mol. The maximum absolute atomic E-state index is 12.4. The summed E-state index contributed by atoms with van der Waals surface area (Å²) in [6.45, 7) is 6.28. The zero-order valence-electron chi connectivity index (χ0n) is 12.2. The third-order valence-corrected chi connectivity index (χ3v) is 3.54. The third kappa shape index (κ3) is 3.97. The van der Waals surface area contributed by atoms with Crippen LogP contribution < -0.4 is 0 Å². The highest BCUT2D eigenvalue weighted by Gasteiger charge is 2.30. The van der Waals surface area contributed by atoms with Gasteiger partial charge in [-0.3, -0.25) is 4.79 Å². The number of ketones is 1. The molecule has 0 spiro atoms. The summed E-state index contributed by atoms with van der Waals surface area (Å²) in [6, 6.07) is 0. The van der Waals surface area contributed by atoms with Gasteiger partial charge < -0.3 is 4.57 Å². The number of carbonyl (C=O) groups is 1. The van der Waals surface area contributed by atoms with E-state index in [0.29, 0.717) is 5.82 Å². The van der Waals surface area contributed by atoms with Gasteiger partial charge in [0.05, 0.1) is 0 Å². The summed E-state index contributed by atoms with van der Waals surface area (Å²) in [5.74, 6) is 0.735. The normalized spacial score (nSPS) is 11.8. The molecule has 1 rings (SSSR count). The number of unbranched alkanes of at least 4 members (excludes halogenated alkanes) is 4. The first-order valence-corrected chi connectivity index (χ1v) is 7.01. The number of Topliss-reactive ketones (excluding diaryl/α,β-unsaturated/α-hetero) is 1. The van der Waals surface area contributed by atoms with Crippen LogP contribution in [0.3, 0.4) is 0 Å². The lowest BCUT2D eigenvalue weighted by atomic mass is 9.82. The van der Waals surface area contributed by atoms with Crippen LogP contribution in [0.4, 0.5) is 0 Å². The second-order valence-electron chi connectivity index (χ2n) is 5.74. The maximum Gasteiger partial charge on any atom is 0.203 e. The summed E-state index contributed by atoms with van der Waals surface area (Å²) < 4.78 is 1.81. The van der Waals surface area contributed by atoms with Crippen molar-refractivity contribution in [2.45, 2.75) is 59.3 Å². The molecule has 0 N–H and O–H groups in total. The number of aryl methyl sites for hydroxylation is 1. The molecular weight excluding hydrogens is 224 g/mol. The van der Waals surface area contributed by atoms with Crippen molar-refractivity contribution in [1.29, 1.82) is 0 Å². The number of imidazole rings is 1. The van der Waals surface area contributed by atoms with Gasteiger partial charge in [-0.1, -0.05) is 52.9 Å². The fraction of sp³-hybridized carbons (Fsp3) is 0.733. The van der Waals surface area contributed by atoms with Crippen molar-refractivity contribution in [1.82, 2.24) is 9.55 Å². The number of aromatic nitrogens is 2. The van der Waals surface area contributed by atoms with E-state index in [9.17, 15) is 4.79 Å². The van der Waals surface area contributed by atoms with Gasteiger partial charge in [0.2, 0.25) is 5.78 Å². The lowest BCUT2D eigenvalue weighted by Crippen LogP contribution is -2.26. The Bertz CT molecular complexity index is 380. The fourth-order valence-electron chi connectivity index (χ4n) is 2.17. The van der Waals surface area contributed by atoms with E-state index in [1.54, 1.807) is 10.8 Å². The summed E-state index contributed by atoms with van der Waals surface area (Å²) in [7, 11) is 1.87. The molecule has 0 radical (unpaired) electrons. The topological polar surface area (TPSA) is 34.9 Å². The molecule has 3 nitrogen and oxygen atoms in total. The Kier molecular flexibility index (Phi) is 5.57. The van der Waals surface area contributed by atoms with Gasteiger partial charge in [-0.15, -0.1) is 0 Å². The van der Waals surface area contributed by atoms with Crippen molar-refractivity contribution < 1.29 is 4.79 Å². The summed E-state index contributed by atoms with van der Waals surface area (Å²) in [5.41, 5.74) is -0.300. The van der Waals surface area contributed by atoms with Crippen molar-refractivity contribution in [3.63, 3.8) is 0 Å². The van der Waals surface area contributed by atoms with Crippen LogP contribution in [0.5, 0.6) is 0 Å². The Morgan fingerprint density at radius 3 is 2.50 bits per heavy atom. The second-order valence-corrected chi connectivity index (χ2v) is 5.74. The lowest BCUT2D eigenvalue weighted by Gasteiger charge is -2.22. The van der Waals surface area contributed by atoms with Crippen LogP contribution >= 0.6 is 0 Å². The number of hydrogen-bond acceptors (Lipinski definition) is 2. The van der Waals surface area contributed by atoms with Gasteiger partial charge in [0.15, 0.2) is 5.82 Å². The molecule has 1 heterocycles. The van der Waals surface area contributed by atoms with Crippen LogP contribution in [-0.2, 0) is 7.05 Å². The van der Waals surface area contributed by atoms with Crippen molar-refractivity contribution in [3.8, 4) is 0 Å². The predicted octanol–water partition coefficient (Wildman–Crippen LogP) is 3.99. The molecule has 1 aromatic rings. The summed E-state index contributed by atoms with van der Waals surface area (Å²) in [4.78, 5) is 16.5. The number of rotatable bonds is 8. The Labute approximate surface area is 111 Å². The quantitative estimate of drug-likeness (QED) is 0.516. The zero-order chi connectivity index (χ0) is 13.6. The van der Waals surface area contributed by atoms with E-state index < -0.39 is 0 Å². The highest BCUT2D eigenvalue weighted by Crippen LogP contribution is 2.28. The van der Waals surface area contributed by atoms with E-state index in [4.69, 9.17) is 0 Å². The average Bonchev–Trinajstić information content (AvgIpc) is 2.74. The van der Waals surface area contributed by atoms with Crippen molar-refractivity contribution in [2.75, 3.05) is 0 Å². The molecule has 18 heavy (non-hydrogen) atoms. The molecule has 0 bridgehead atoms. The minimum absolute atomic E-state index is 0.158. The van der Waals surface area contributed by atoms with E-state index in [1.165, 1.54) is 25.7 Å². The largest absolute Gasteiger partial charge is 0.332 e. The molecule has 0 saturated heterocycles. The van der Waals surface area contributed by atoms with Crippen LogP contribution in [0.1, 0.15) is 69.9 Å². The van der Waals surface area contributed by atoms with Crippen LogP contribution in [0.15, 0.2) is 12.4 Å². The molecule has 0 fully saturated rings. The molecule has 0 aliphatic heterocycles. The SMILES string of the molecule is CCCCCCCC(C)(C)C(=O)c1nccn1C. The number of hydrogen-bond donors (Lipinski definition) is 0. The molecule has 3 heteroatoms. The third-order valence-electron chi connectivity index (χ3n) is 3.54. The molecule has 102 valence electrons. The monoisotopic (exact) mass is 250 g/mol. The first kappa shape index (κ1) is 14.9. The van der Waals surface area contributed by atoms with E-state index in [0.717, 1.165) is 12.8 Å². The summed E-state index contributed by atoms with van der Waals surface area (Å²) in [6.07, 6.45) is 10.7. The minimum atomic E-state index is -0.300. The number of carbonyl (C=O) groups excluding carboxylic acids is 1. The van der Waals surface area contributed by atoms with E-state index >= 15 is 0 Å². The minimum Gasteiger partial charge on any atom is -0.332 e. The van der Waals surface area contributed by atoms with Gasteiger partial charge >= 0.3 is 0 Å². The Hall–Kier alpha value is -1.12. The van der Waals surface area contributed by atoms with E-state index in [2.05, 4.69) is 11.9 Å². The molecule has 0 saturated carbocycles. The van der Waals surface area contributed by atoms with E-state index in [-0.39, 0.29) is 11.2 Å². The Morgan fingerprint density at radius 2 is 1.94 bits per heavy atom. The van der Waals surface area contributed by atoms with E-state index in [1.807, 2.05) is 27.1 Å². The molecule has 0 amide bonds. The molecular formula is C15H26N2O. The predicted molar refractivity (Wildman–Crippen MR) is 74.7 cm³/mol. The number of nitrogens with zero attached hydrogens (tertiary/aromatic N) is 2. The standard InChI is InChI=1S/C15H26N2O/c1-5-6-7-8-9-10-15(2,3)13(18)14-16-11-12-17(14)4/h11-12H,5-10H2,1-4H3. The Balaban J connectivity index is 2.48. The molecule has 0 aliphatic rings. The molecule has 0 unspecified atom stereocenters. The highest BCUT2D eigenvalue weighted by molar-refractivity contribution is 5.97. The van der Waals surface area contributed by atoms with Crippen LogP contribution in [0, 0.1) is 5.41 Å². The zero-order valence-corrected chi connectivity index (χ0v) is 12.2. The molecule has 0 atom stereocenters.